The molecule has 0 amide bonds. The van der Waals surface area contributed by atoms with Crippen molar-refractivity contribution in [2.24, 2.45) is 0 Å². The van der Waals surface area contributed by atoms with Crippen LogP contribution in [0.5, 0.6) is 11.5 Å². The molecule has 9 nitrogen and oxygen atoms in total. The Morgan fingerprint density at radius 3 is 2.43 bits per heavy atom. The summed E-state index contributed by atoms with van der Waals surface area (Å²) >= 11 is 0. The summed E-state index contributed by atoms with van der Waals surface area (Å²) in [6.07, 6.45) is 1.65. The van der Waals surface area contributed by atoms with Crippen molar-refractivity contribution in [2.75, 3.05) is 40.2 Å². The Labute approximate surface area is 174 Å². The van der Waals surface area contributed by atoms with Gasteiger partial charge in [-0.3, -0.25) is 0 Å². The van der Waals surface area contributed by atoms with Crippen LogP contribution in [-0.2, 0) is 14.2 Å². The first kappa shape index (κ1) is 21.2. The predicted octanol–water partition coefficient (Wildman–Crippen LogP) is 3.37. The summed E-state index contributed by atoms with van der Waals surface area (Å²) in [6.45, 7) is -0.0260. The van der Waals surface area contributed by atoms with Gasteiger partial charge in [-0.15, -0.1) is 0 Å². The van der Waals surface area contributed by atoms with Crippen molar-refractivity contribution in [3.8, 4) is 17.2 Å². The third kappa shape index (κ3) is 4.88. The first-order valence-electron chi connectivity index (χ1n) is 9.04. The van der Waals surface area contributed by atoms with Crippen molar-refractivity contribution in [1.82, 2.24) is 9.78 Å². The Hall–Kier alpha value is -3.56. The Kier molecular flexibility index (Phi) is 7.25. The SMILES string of the molecule is COCOc1cc(Nc2ccnn2-c2ccccc2)c(C(=O)OC)c(OCOC)c1. The molecule has 0 aliphatic heterocycles. The molecule has 30 heavy (non-hydrogen) atoms. The Balaban J connectivity index is 2.06. The van der Waals surface area contributed by atoms with Gasteiger partial charge in [0.2, 0.25) is 0 Å². The van der Waals surface area contributed by atoms with Crippen LogP contribution in [-0.4, -0.2) is 50.7 Å². The number of aromatic nitrogens is 2. The molecule has 0 saturated carbocycles. The number of hydrogen-bond donors (Lipinski definition) is 1. The molecule has 0 atom stereocenters. The van der Waals surface area contributed by atoms with Gasteiger partial charge in [0.1, 0.15) is 22.9 Å². The number of carbonyl (C=O) groups excluding carboxylic acids is 1. The number of benzene rings is 2. The summed E-state index contributed by atoms with van der Waals surface area (Å²) in [6, 6.07) is 14.6. The molecule has 0 saturated heterocycles. The fraction of sp³-hybridized carbons (Fsp3) is 0.238. The quantitative estimate of drug-likeness (QED) is 0.399. The van der Waals surface area contributed by atoms with Crippen molar-refractivity contribution < 1.29 is 28.5 Å². The second-order valence-corrected chi connectivity index (χ2v) is 6.03. The zero-order valence-corrected chi connectivity index (χ0v) is 17.0. The summed E-state index contributed by atoms with van der Waals surface area (Å²) in [5, 5.41) is 7.58. The average Bonchev–Trinajstić information content (AvgIpc) is 3.24. The van der Waals surface area contributed by atoms with Crippen LogP contribution in [0.4, 0.5) is 11.5 Å². The monoisotopic (exact) mass is 413 g/mol. The summed E-state index contributed by atoms with van der Waals surface area (Å²) in [4.78, 5) is 12.6. The molecule has 2 aromatic carbocycles. The normalized spacial score (nSPS) is 10.5. The fourth-order valence-electron chi connectivity index (χ4n) is 2.76. The molecule has 3 rings (SSSR count). The highest BCUT2D eigenvalue weighted by Crippen LogP contribution is 2.35. The molecule has 1 aromatic heterocycles. The van der Waals surface area contributed by atoms with Gasteiger partial charge in [-0.25, -0.2) is 9.48 Å². The van der Waals surface area contributed by atoms with E-state index in [1.165, 1.54) is 21.3 Å². The topological polar surface area (TPSA) is 93.1 Å². The van der Waals surface area contributed by atoms with E-state index >= 15 is 0 Å². The highest BCUT2D eigenvalue weighted by atomic mass is 16.7. The van der Waals surface area contributed by atoms with Crippen molar-refractivity contribution >= 4 is 17.5 Å². The van der Waals surface area contributed by atoms with Gasteiger partial charge in [-0.1, -0.05) is 18.2 Å². The first-order valence-corrected chi connectivity index (χ1v) is 9.04. The number of methoxy groups -OCH3 is 3. The molecule has 1 N–H and O–H groups in total. The van der Waals surface area contributed by atoms with Gasteiger partial charge in [0.05, 0.1) is 24.7 Å². The zero-order valence-electron chi connectivity index (χ0n) is 17.0. The van der Waals surface area contributed by atoms with E-state index in [2.05, 4.69) is 10.4 Å². The first-order chi connectivity index (χ1) is 14.7. The van der Waals surface area contributed by atoms with Crippen LogP contribution < -0.4 is 14.8 Å². The van der Waals surface area contributed by atoms with E-state index in [0.29, 0.717) is 17.3 Å². The minimum Gasteiger partial charge on any atom is -0.467 e. The minimum atomic E-state index is -0.576. The molecule has 0 unspecified atom stereocenters. The van der Waals surface area contributed by atoms with E-state index in [-0.39, 0.29) is 24.9 Å². The lowest BCUT2D eigenvalue weighted by atomic mass is 10.1. The Morgan fingerprint density at radius 1 is 1.00 bits per heavy atom. The maximum atomic E-state index is 12.6. The standard InChI is InChI=1S/C21H23N3O6/c1-26-13-29-16-11-17(20(21(25)28-3)18(12-16)30-14-27-2)23-19-9-10-22-24(19)15-7-5-4-6-8-15/h4-12,23H,13-14H2,1-3H3. The van der Waals surface area contributed by atoms with Crippen LogP contribution in [0.25, 0.3) is 5.69 Å². The third-order valence-corrected chi connectivity index (χ3v) is 4.05. The van der Waals surface area contributed by atoms with Crippen LogP contribution >= 0.6 is 0 Å². The molecule has 3 aromatic rings. The molecule has 0 bridgehead atoms. The number of rotatable bonds is 10. The number of nitrogens with zero attached hydrogens (tertiary/aromatic N) is 2. The second kappa shape index (κ2) is 10.3. The summed E-state index contributed by atoms with van der Waals surface area (Å²) < 4.78 is 27.8. The highest BCUT2D eigenvalue weighted by Gasteiger charge is 2.22. The lowest BCUT2D eigenvalue weighted by Gasteiger charge is -2.18. The number of anilines is 2. The van der Waals surface area contributed by atoms with Gasteiger partial charge in [0.15, 0.2) is 13.6 Å². The summed E-state index contributed by atoms with van der Waals surface area (Å²) in [5.74, 6) is 0.732. The number of hydrogen-bond acceptors (Lipinski definition) is 8. The van der Waals surface area contributed by atoms with E-state index < -0.39 is 5.97 Å². The second-order valence-electron chi connectivity index (χ2n) is 6.03. The van der Waals surface area contributed by atoms with E-state index in [9.17, 15) is 4.79 Å². The molecule has 0 fully saturated rings. The lowest BCUT2D eigenvalue weighted by molar-refractivity contribution is 0.0436. The maximum absolute atomic E-state index is 12.6. The smallest absolute Gasteiger partial charge is 0.343 e. The van der Waals surface area contributed by atoms with E-state index in [1.54, 1.807) is 29.1 Å². The lowest BCUT2D eigenvalue weighted by Crippen LogP contribution is -2.12. The average molecular weight is 413 g/mol. The van der Waals surface area contributed by atoms with E-state index in [0.717, 1.165) is 5.69 Å². The van der Waals surface area contributed by atoms with E-state index in [4.69, 9.17) is 23.7 Å². The van der Waals surface area contributed by atoms with E-state index in [1.807, 2.05) is 30.3 Å². The fourth-order valence-corrected chi connectivity index (χ4v) is 2.76. The van der Waals surface area contributed by atoms with Crippen LogP contribution in [0.2, 0.25) is 0 Å². The van der Waals surface area contributed by atoms with Crippen LogP contribution in [0.3, 0.4) is 0 Å². The minimum absolute atomic E-state index is 0.0304. The zero-order chi connectivity index (χ0) is 21.3. The molecule has 1 heterocycles. The van der Waals surface area contributed by atoms with Crippen molar-refractivity contribution in [3.63, 3.8) is 0 Å². The maximum Gasteiger partial charge on any atom is 0.343 e. The molecule has 158 valence electrons. The van der Waals surface area contributed by atoms with Gasteiger partial charge in [-0.2, -0.15) is 5.10 Å². The van der Waals surface area contributed by atoms with Gasteiger partial charge >= 0.3 is 5.97 Å². The number of carbonyl (C=O) groups is 1. The molecule has 0 aliphatic carbocycles. The summed E-state index contributed by atoms with van der Waals surface area (Å²) in [5.41, 5.74) is 1.46. The number of esters is 1. The highest BCUT2D eigenvalue weighted by molar-refractivity contribution is 6.00. The number of nitrogens with one attached hydrogen (secondary N) is 1. The largest absolute Gasteiger partial charge is 0.467 e. The Bertz CT molecular complexity index is 974. The van der Waals surface area contributed by atoms with Gasteiger partial charge in [-0.05, 0) is 12.1 Å². The number of para-hydroxylation sites is 1. The van der Waals surface area contributed by atoms with Crippen molar-refractivity contribution in [1.29, 1.82) is 0 Å². The van der Waals surface area contributed by atoms with Gasteiger partial charge in [0.25, 0.3) is 0 Å². The van der Waals surface area contributed by atoms with Gasteiger partial charge < -0.3 is 29.0 Å². The molecule has 0 spiro atoms. The van der Waals surface area contributed by atoms with Crippen molar-refractivity contribution in [2.45, 2.75) is 0 Å². The molecule has 0 aliphatic rings. The van der Waals surface area contributed by atoms with Gasteiger partial charge in [0, 0.05) is 32.4 Å². The van der Waals surface area contributed by atoms with Crippen LogP contribution in [0, 0.1) is 0 Å². The molecule has 0 radical (unpaired) electrons. The Morgan fingerprint density at radius 2 is 1.73 bits per heavy atom. The van der Waals surface area contributed by atoms with Crippen LogP contribution in [0.15, 0.2) is 54.7 Å². The molecule has 9 heteroatoms. The third-order valence-electron chi connectivity index (χ3n) is 4.05. The van der Waals surface area contributed by atoms with Crippen molar-refractivity contribution in [3.05, 3.63) is 60.3 Å². The van der Waals surface area contributed by atoms with Crippen LogP contribution in [0.1, 0.15) is 10.4 Å². The predicted molar refractivity (Wildman–Crippen MR) is 110 cm³/mol. The number of ether oxygens (including phenoxy) is 5. The molecular formula is C21H23N3O6. The summed E-state index contributed by atoms with van der Waals surface area (Å²) in [7, 11) is 4.30. The molecular weight excluding hydrogens is 390 g/mol.